The number of ether oxygens (including phenoxy) is 1. The van der Waals surface area contributed by atoms with E-state index in [9.17, 15) is 14.4 Å². The SMILES string of the molecule is CCCCCCCCCCCC(=O)Nc1ccccc1C(=O)OCC(=O)Nc1ccc(C)c(C)c1. The molecule has 0 saturated heterocycles. The molecule has 0 radical (unpaired) electrons. The van der Waals surface area contributed by atoms with Gasteiger partial charge in [0.1, 0.15) is 0 Å². The fraction of sp³-hybridized carbons (Fsp3) is 0.483. The molecule has 2 N–H and O–H groups in total. The topological polar surface area (TPSA) is 84.5 Å². The molecule has 0 heterocycles. The molecule has 2 aromatic rings. The molecular weight excluding hydrogens is 440 g/mol. The molecule has 190 valence electrons. The van der Waals surface area contributed by atoms with Crippen molar-refractivity contribution >= 4 is 29.2 Å². The second-order valence-electron chi connectivity index (χ2n) is 9.10. The van der Waals surface area contributed by atoms with Crippen molar-refractivity contribution in [2.75, 3.05) is 17.2 Å². The summed E-state index contributed by atoms with van der Waals surface area (Å²) in [5, 5.41) is 5.54. The summed E-state index contributed by atoms with van der Waals surface area (Å²) < 4.78 is 5.20. The van der Waals surface area contributed by atoms with E-state index in [4.69, 9.17) is 4.74 Å². The van der Waals surface area contributed by atoms with Crippen LogP contribution in [0.3, 0.4) is 0 Å². The van der Waals surface area contributed by atoms with Gasteiger partial charge in [-0.3, -0.25) is 9.59 Å². The zero-order valence-electron chi connectivity index (χ0n) is 21.5. The molecular formula is C29H40N2O4. The minimum atomic E-state index is -0.654. The highest BCUT2D eigenvalue weighted by molar-refractivity contribution is 6.02. The molecule has 2 rings (SSSR count). The Kier molecular flexibility index (Phi) is 12.6. The molecule has 0 aliphatic heterocycles. The van der Waals surface area contributed by atoms with E-state index in [2.05, 4.69) is 17.6 Å². The number of carbonyl (C=O) groups excluding carboxylic acids is 3. The van der Waals surface area contributed by atoms with Crippen LogP contribution in [0.1, 0.15) is 92.6 Å². The Hall–Kier alpha value is -3.15. The van der Waals surface area contributed by atoms with Gasteiger partial charge in [-0.1, -0.05) is 76.5 Å². The molecule has 0 bridgehead atoms. The number of carbonyl (C=O) groups is 3. The molecule has 0 saturated carbocycles. The lowest BCUT2D eigenvalue weighted by Gasteiger charge is -2.11. The van der Waals surface area contributed by atoms with Gasteiger partial charge in [-0.05, 0) is 55.7 Å². The van der Waals surface area contributed by atoms with Gasteiger partial charge in [0.05, 0.1) is 11.3 Å². The fourth-order valence-electron chi connectivity index (χ4n) is 3.80. The number of unbranched alkanes of at least 4 members (excludes halogenated alkanes) is 8. The van der Waals surface area contributed by atoms with Crippen LogP contribution in [0, 0.1) is 13.8 Å². The van der Waals surface area contributed by atoms with Gasteiger partial charge in [0.15, 0.2) is 6.61 Å². The molecule has 6 nitrogen and oxygen atoms in total. The molecule has 2 aromatic carbocycles. The van der Waals surface area contributed by atoms with Crippen LogP contribution in [0.2, 0.25) is 0 Å². The fourth-order valence-corrected chi connectivity index (χ4v) is 3.80. The molecule has 0 aliphatic rings. The molecule has 35 heavy (non-hydrogen) atoms. The van der Waals surface area contributed by atoms with Crippen molar-refractivity contribution in [3.63, 3.8) is 0 Å². The van der Waals surface area contributed by atoms with E-state index < -0.39 is 18.5 Å². The van der Waals surface area contributed by atoms with E-state index in [1.54, 1.807) is 30.3 Å². The first-order valence-electron chi connectivity index (χ1n) is 12.8. The number of rotatable bonds is 15. The van der Waals surface area contributed by atoms with Crippen LogP contribution in [0.5, 0.6) is 0 Å². The van der Waals surface area contributed by atoms with E-state index in [1.165, 1.54) is 38.5 Å². The summed E-state index contributed by atoms with van der Waals surface area (Å²) in [6, 6.07) is 12.3. The lowest BCUT2D eigenvalue weighted by atomic mass is 10.1. The van der Waals surface area contributed by atoms with E-state index in [-0.39, 0.29) is 11.5 Å². The van der Waals surface area contributed by atoms with Crippen LogP contribution >= 0.6 is 0 Å². The third-order valence-corrected chi connectivity index (χ3v) is 6.05. The number of hydrogen-bond acceptors (Lipinski definition) is 4. The summed E-state index contributed by atoms with van der Waals surface area (Å²) >= 11 is 0. The lowest BCUT2D eigenvalue weighted by molar-refractivity contribution is -0.119. The second-order valence-corrected chi connectivity index (χ2v) is 9.10. The third-order valence-electron chi connectivity index (χ3n) is 6.05. The van der Waals surface area contributed by atoms with Crippen molar-refractivity contribution in [3.8, 4) is 0 Å². The first-order chi connectivity index (χ1) is 16.9. The van der Waals surface area contributed by atoms with E-state index >= 15 is 0 Å². The minimum absolute atomic E-state index is 0.124. The predicted octanol–water partition coefficient (Wildman–Crippen LogP) is 6.96. The van der Waals surface area contributed by atoms with Crippen molar-refractivity contribution in [1.82, 2.24) is 0 Å². The van der Waals surface area contributed by atoms with Crippen LogP contribution in [-0.2, 0) is 14.3 Å². The molecule has 0 aliphatic carbocycles. The Morgan fingerprint density at radius 2 is 1.40 bits per heavy atom. The number of hydrogen-bond donors (Lipinski definition) is 2. The Morgan fingerprint density at radius 1 is 0.743 bits per heavy atom. The summed E-state index contributed by atoms with van der Waals surface area (Å²) in [7, 11) is 0. The summed E-state index contributed by atoms with van der Waals surface area (Å²) in [5.74, 6) is -1.20. The third kappa shape index (κ3) is 10.8. The molecule has 0 aromatic heterocycles. The van der Waals surface area contributed by atoms with E-state index in [1.807, 2.05) is 26.0 Å². The molecule has 0 unspecified atom stereocenters. The monoisotopic (exact) mass is 480 g/mol. The lowest BCUT2D eigenvalue weighted by Crippen LogP contribution is -2.22. The highest BCUT2D eigenvalue weighted by Gasteiger charge is 2.16. The Bertz CT molecular complexity index is 971. The van der Waals surface area contributed by atoms with E-state index in [0.717, 1.165) is 30.4 Å². The van der Waals surface area contributed by atoms with Gasteiger partial charge < -0.3 is 15.4 Å². The summed E-state index contributed by atoms with van der Waals surface area (Å²) in [6.45, 7) is 5.77. The summed E-state index contributed by atoms with van der Waals surface area (Å²) in [4.78, 5) is 37.2. The maximum Gasteiger partial charge on any atom is 0.340 e. The first-order valence-corrected chi connectivity index (χ1v) is 12.8. The van der Waals surface area contributed by atoms with Crippen LogP contribution in [0.25, 0.3) is 0 Å². The number of anilines is 2. The average Bonchev–Trinajstić information content (AvgIpc) is 2.84. The van der Waals surface area contributed by atoms with Crippen molar-refractivity contribution in [2.45, 2.75) is 85.0 Å². The summed E-state index contributed by atoms with van der Waals surface area (Å²) in [5.41, 5.74) is 3.47. The zero-order valence-corrected chi connectivity index (χ0v) is 21.5. The van der Waals surface area contributed by atoms with Gasteiger partial charge >= 0.3 is 5.97 Å². The second kappa shape index (κ2) is 15.7. The standard InChI is InChI=1S/C29H40N2O4/c1-4-5-6-7-8-9-10-11-12-17-27(32)31-26-16-14-13-15-25(26)29(34)35-21-28(33)30-24-19-18-22(2)23(3)20-24/h13-16,18-20H,4-12,17,21H2,1-3H3,(H,30,33)(H,31,32). The number of aryl methyl sites for hydroxylation is 2. The zero-order chi connectivity index (χ0) is 25.5. The van der Waals surface area contributed by atoms with Crippen molar-refractivity contribution in [1.29, 1.82) is 0 Å². The first kappa shape index (κ1) is 28.1. The van der Waals surface area contributed by atoms with Gasteiger partial charge in [-0.2, -0.15) is 0 Å². The Balaban J connectivity index is 1.74. The number of nitrogens with one attached hydrogen (secondary N) is 2. The van der Waals surface area contributed by atoms with Crippen molar-refractivity contribution < 1.29 is 19.1 Å². The normalized spacial score (nSPS) is 10.6. The van der Waals surface area contributed by atoms with Gasteiger partial charge in [-0.25, -0.2) is 4.79 Å². The van der Waals surface area contributed by atoms with Gasteiger partial charge in [0, 0.05) is 12.1 Å². The van der Waals surface area contributed by atoms with Crippen LogP contribution in [0.15, 0.2) is 42.5 Å². The van der Waals surface area contributed by atoms with Crippen LogP contribution in [0.4, 0.5) is 11.4 Å². The summed E-state index contributed by atoms with van der Waals surface area (Å²) in [6.07, 6.45) is 11.1. The maximum atomic E-state index is 12.6. The van der Waals surface area contributed by atoms with E-state index in [0.29, 0.717) is 17.8 Å². The predicted molar refractivity (Wildman–Crippen MR) is 142 cm³/mol. The molecule has 2 amide bonds. The maximum absolute atomic E-state index is 12.6. The number of amides is 2. The number of esters is 1. The highest BCUT2D eigenvalue weighted by Crippen LogP contribution is 2.18. The Labute approximate surface area is 209 Å². The minimum Gasteiger partial charge on any atom is -0.452 e. The number of para-hydroxylation sites is 1. The van der Waals surface area contributed by atoms with Crippen molar-refractivity contribution in [2.24, 2.45) is 0 Å². The molecule has 6 heteroatoms. The van der Waals surface area contributed by atoms with Crippen LogP contribution < -0.4 is 10.6 Å². The highest BCUT2D eigenvalue weighted by atomic mass is 16.5. The molecule has 0 fully saturated rings. The van der Waals surface area contributed by atoms with Gasteiger partial charge in [-0.15, -0.1) is 0 Å². The molecule has 0 atom stereocenters. The van der Waals surface area contributed by atoms with Gasteiger partial charge in [0.25, 0.3) is 5.91 Å². The average molecular weight is 481 g/mol. The largest absolute Gasteiger partial charge is 0.452 e. The molecule has 0 spiro atoms. The smallest absolute Gasteiger partial charge is 0.340 e. The van der Waals surface area contributed by atoms with Crippen molar-refractivity contribution in [3.05, 3.63) is 59.2 Å². The quantitative estimate of drug-likeness (QED) is 0.213. The number of benzene rings is 2. The van der Waals surface area contributed by atoms with Gasteiger partial charge in [0.2, 0.25) is 5.91 Å². The Morgan fingerprint density at radius 3 is 2.09 bits per heavy atom. The van der Waals surface area contributed by atoms with Crippen LogP contribution in [-0.4, -0.2) is 24.4 Å².